The molecule has 0 aromatic heterocycles. The Kier molecular flexibility index (Phi) is 5.40. The van der Waals surface area contributed by atoms with Crippen LogP contribution in [0.2, 0.25) is 0 Å². The summed E-state index contributed by atoms with van der Waals surface area (Å²) in [4.78, 5) is 2.50. The van der Waals surface area contributed by atoms with Crippen LogP contribution in [0, 0.1) is 0 Å². The molecule has 0 bridgehead atoms. The van der Waals surface area contributed by atoms with Gasteiger partial charge in [-0.3, -0.25) is 0 Å². The molecule has 78 valence electrons. The molecule has 1 N–H and O–H groups in total. The Morgan fingerprint density at radius 2 is 1.85 bits per heavy atom. The normalized spacial score (nSPS) is 17.8. The third-order valence-corrected chi connectivity index (χ3v) is 3.00. The van der Waals surface area contributed by atoms with Gasteiger partial charge >= 0.3 is 0 Å². The van der Waals surface area contributed by atoms with E-state index in [-0.39, 0.29) is 0 Å². The van der Waals surface area contributed by atoms with Gasteiger partial charge in [-0.25, -0.2) is 0 Å². The summed E-state index contributed by atoms with van der Waals surface area (Å²) in [5.74, 6) is 0. The molecule has 1 aliphatic heterocycles. The largest absolute Gasteiger partial charge is 0.314 e. The van der Waals surface area contributed by atoms with Crippen LogP contribution in [0.1, 0.15) is 39.0 Å². The van der Waals surface area contributed by atoms with Gasteiger partial charge in [0.2, 0.25) is 0 Å². The van der Waals surface area contributed by atoms with Crippen LogP contribution in [0.15, 0.2) is 0 Å². The van der Waals surface area contributed by atoms with Crippen LogP contribution in [-0.2, 0) is 0 Å². The van der Waals surface area contributed by atoms with E-state index < -0.39 is 0 Å². The van der Waals surface area contributed by atoms with E-state index in [1.54, 1.807) is 0 Å². The Hall–Kier alpha value is -0.0800. The third-order valence-electron chi connectivity index (χ3n) is 3.00. The zero-order chi connectivity index (χ0) is 9.52. The molecule has 2 heteroatoms. The van der Waals surface area contributed by atoms with E-state index in [9.17, 15) is 0 Å². The maximum absolute atomic E-state index is 3.31. The molecule has 2 nitrogen and oxygen atoms in total. The van der Waals surface area contributed by atoms with Gasteiger partial charge in [-0.2, -0.15) is 0 Å². The van der Waals surface area contributed by atoms with Crippen LogP contribution < -0.4 is 5.32 Å². The zero-order valence-electron chi connectivity index (χ0n) is 9.18. The maximum atomic E-state index is 3.31. The zero-order valence-corrected chi connectivity index (χ0v) is 9.18. The van der Waals surface area contributed by atoms with Crippen molar-refractivity contribution in [1.82, 2.24) is 10.2 Å². The average molecular weight is 184 g/mol. The predicted octanol–water partition coefficient (Wildman–Crippen LogP) is 1.86. The van der Waals surface area contributed by atoms with Crippen LogP contribution in [-0.4, -0.2) is 37.6 Å². The van der Waals surface area contributed by atoms with Crippen LogP contribution >= 0.6 is 0 Å². The smallest absolute Gasteiger partial charge is 0.0342 e. The van der Waals surface area contributed by atoms with Crippen molar-refractivity contribution < 1.29 is 0 Å². The van der Waals surface area contributed by atoms with E-state index >= 15 is 0 Å². The minimum absolute atomic E-state index is 0.825. The number of nitrogens with zero attached hydrogens (tertiary/aromatic N) is 1. The fourth-order valence-electron chi connectivity index (χ4n) is 1.73. The van der Waals surface area contributed by atoms with Crippen molar-refractivity contribution in [2.24, 2.45) is 0 Å². The highest BCUT2D eigenvalue weighted by atomic mass is 15.2. The lowest BCUT2D eigenvalue weighted by atomic mass is 10.1. The van der Waals surface area contributed by atoms with Gasteiger partial charge in [0, 0.05) is 19.1 Å². The fraction of sp³-hybridized carbons (Fsp3) is 1.00. The quantitative estimate of drug-likeness (QED) is 0.608. The van der Waals surface area contributed by atoms with Gasteiger partial charge in [0.15, 0.2) is 0 Å². The van der Waals surface area contributed by atoms with Gasteiger partial charge in [-0.15, -0.1) is 0 Å². The lowest BCUT2D eigenvalue weighted by Gasteiger charge is -2.35. The SMILES string of the molecule is CCCCCCCN(C)C1CNC1. The Labute approximate surface area is 82.7 Å². The van der Waals surface area contributed by atoms with Crippen molar-refractivity contribution in [3.8, 4) is 0 Å². The second-order valence-corrected chi connectivity index (χ2v) is 4.21. The number of nitrogens with one attached hydrogen (secondary N) is 1. The van der Waals surface area contributed by atoms with E-state index in [4.69, 9.17) is 0 Å². The molecule has 0 saturated carbocycles. The number of hydrogen-bond donors (Lipinski definition) is 1. The van der Waals surface area contributed by atoms with Crippen molar-refractivity contribution in [1.29, 1.82) is 0 Å². The number of rotatable bonds is 7. The molecule has 0 atom stereocenters. The first-order chi connectivity index (χ1) is 6.34. The van der Waals surface area contributed by atoms with Gasteiger partial charge in [-0.05, 0) is 20.0 Å². The summed E-state index contributed by atoms with van der Waals surface area (Å²) in [6.07, 6.45) is 6.98. The van der Waals surface area contributed by atoms with Crippen molar-refractivity contribution in [3.05, 3.63) is 0 Å². The average Bonchev–Trinajstić information content (AvgIpc) is 2.01. The summed E-state index contributed by atoms with van der Waals surface area (Å²) < 4.78 is 0. The van der Waals surface area contributed by atoms with Gasteiger partial charge in [0.25, 0.3) is 0 Å². The van der Waals surface area contributed by atoms with Gasteiger partial charge in [0.05, 0.1) is 0 Å². The van der Waals surface area contributed by atoms with E-state index in [1.807, 2.05) is 0 Å². The summed E-state index contributed by atoms with van der Waals surface area (Å²) in [6, 6.07) is 0.825. The molecule has 1 heterocycles. The van der Waals surface area contributed by atoms with E-state index in [2.05, 4.69) is 24.2 Å². The van der Waals surface area contributed by atoms with Gasteiger partial charge < -0.3 is 10.2 Å². The van der Waals surface area contributed by atoms with E-state index in [1.165, 1.54) is 51.7 Å². The van der Waals surface area contributed by atoms with Gasteiger partial charge in [-0.1, -0.05) is 32.6 Å². The summed E-state index contributed by atoms with van der Waals surface area (Å²) in [6.45, 7) is 5.96. The Balaban J connectivity index is 1.86. The first-order valence-electron chi connectivity index (χ1n) is 5.75. The summed E-state index contributed by atoms with van der Waals surface area (Å²) in [5, 5.41) is 3.31. The third kappa shape index (κ3) is 4.10. The minimum atomic E-state index is 0.825. The highest BCUT2D eigenvalue weighted by molar-refractivity contribution is 4.82. The molecule has 0 amide bonds. The van der Waals surface area contributed by atoms with Crippen molar-refractivity contribution >= 4 is 0 Å². The van der Waals surface area contributed by atoms with Crippen molar-refractivity contribution in [2.45, 2.75) is 45.1 Å². The number of hydrogen-bond acceptors (Lipinski definition) is 2. The maximum Gasteiger partial charge on any atom is 0.0342 e. The minimum Gasteiger partial charge on any atom is -0.314 e. The topological polar surface area (TPSA) is 15.3 Å². The molecular weight excluding hydrogens is 160 g/mol. The lowest BCUT2D eigenvalue weighted by Crippen LogP contribution is -2.55. The van der Waals surface area contributed by atoms with Crippen LogP contribution in [0.4, 0.5) is 0 Å². The second-order valence-electron chi connectivity index (χ2n) is 4.21. The highest BCUT2D eigenvalue weighted by Crippen LogP contribution is 2.06. The number of unbranched alkanes of at least 4 members (excludes halogenated alkanes) is 4. The molecule has 0 aromatic carbocycles. The first kappa shape index (κ1) is 11.0. The molecule has 0 spiro atoms. The highest BCUT2D eigenvalue weighted by Gasteiger charge is 2.20. The first-order valence-corrected chi connectivity index (χ1v) is 5.75. The Morgan fingerprint density at radius 1 is 1.15 bits per heavy atom. The van der Waals surface area contributed by atoms with E-state index in [0.717, 1.165) is 6.04 Å². The molecule has 1 saturated heterocycles. The van der Waals surface area contributed by atoms with Crippen LogP contribution in [0.3, 0.4) is 0 Å². The van der Waals surface area contributed by atoms with Crippen LogP contribution in [0.25, 0.3) is 0 Å². The lowest BCUT2D eigenvalue weighted by molar-refractivity contribution is 0.177. The fourth-order valence-corrected chi connectivity index (χ4v) is 1.73. The standard InChI is InChI=1S/C11H24N2/c1-3-4-5-6-7-8-13(2)11-9-12-10-11/h11-12H,3-10H2,1-2H3. The molecular formula is C11H24N2. The summed E-state index contributed by atoms with van der Waals surface area (Å²) in [5.41, 5.74) is 0. The van der Waals surface area contributed by atoms with E-state index in [0.29, 0.717) is 0 Å². The monoisotopic (exact) mass is 184 g/mol. The molecule has 1 rings (SSSR count). The Bertz CT molecular complexity index is 121. The Morgan fingerprint density at radius 3 is 2.38 bits per heavy atom. The van der Waals surface area contributed by atoms with Crippen LogP contribution in [0.5, 0.6) is 0 Å². The van der Waals surface area contributed by atoms with Crippen molar-refractivity contribution in [3.63, 3.8) is 0 Å². The van der Waals surface area contributed by atoms with Crippen molar-refractivity contribution in [2.75, 3.05) is 26.7 Å². The number of likely N-dealkylation sites (N-methyl/N-ethyl adjacent to an activating group) is 1. The predicted molar refractivity (Wildman–Crippen MR) is 58.0 cm³/mol. The summed E-state index contributed by atoms with van der Waals surface area (Å²) in [7, 11) is 2.26. The molecule has 1 aliphatic rings. The van der Waals surface area contributed by atoms with Gasteiger partial charge in [0.1, 0.15) is 0 Å². The molecule has 1 fully saturated rings. The molecule has 13 heavy (non-hydrogen) atoms. The second kappa shape index (κ2) is 6.39. The molecule has 0 aliphatic carbocycles. The molecule has 0 radical (unpaired) electrons. The molecule has 0 aromatic rings. The summed E-state index contributed by atoms with van der Waals surface area (Å²) >= 11 is 0. The molecule has 0 unspecified atom stereocenters.